The lowest BCUT2D eigenvalue weighted by atomic mass is 10.2. The number of carbonyl (C=O) groups excluding carboxylic acids is 3. The molecule has 0 unspecified atom stereocenters. The molecule has 0 atom stereocenters. The van der Waals surface area contributed by atoms with Gasteiger partial charge < -0.3 is 30.2 Å². The normalized spacial score (nSPS) is 10.1. The second-order valence-corrected chi connectivity index (χ2v) is 9.07. The van der Waals surface area contributed by atoms with Crippen LogP contribution in [0.2, 0.25) is 0 Å². The van der Waals surface area contributed by atoms with Gasteiger partial charge in [0.15, 0.2) is 0 Å². The van der Waals surface area contributed by atoms with Crippen molar-refractivity contribution >= 4 is 52.8 Å². The van der Waals surface area contributed by atoms with Crippen molar-refractivity contribution in [2.45, 2.75) is 0 Å². The van der Waals surface area contributed by atoms with Crippen LogP contribution in [0.3, 0.4) is 0 Å². The zero-order valence-corrected chi connectivity index (χ0v) is 24.2. The van der Waals surface area contributed by atoms with Gasteiger partial charge in [0.1, 0.15) is 19.8 Å². The highest BCUT2D eigenvalue weighted by Crippen LogP contribution is 2.22. The van der Waals surface area contributed by atoms with Crippen molar-refractivity contribution in [1.82, 2.24) is 15.0 Å². The molecule has 0 aliphatic carbocycles. The average Bonchev–Trinajstić information content (AvgIpc) is 3.06. The molecule has 0 bridgehead atoms. The summed E-state index contributed by atoms with van der Waals surface area (Å²) in [6.45, 7) is 10.9. The summed E-state index contributed by atoms with van der Waals surface area (Å²) in [6.07, 6.45) is 4.47. The molecule has 0 saturated carbocycles. The first kappa shape index (κ1) is 31.6. The van der Waals surface area contributed by atoms with Gasteiger partial charge in [0, 0.05) is 17.1 Å². The van der Waals surface area contributed by atoms with Crippen LogP contribution in [-0.4, -0.2) is 52.7 Å². The van der Waals surface area contributed by atoms with E-state index in [1.165, 1.54) is 18.2 Å². The summed E-state index contributed by atoms with van der Waals surface area (Å²) >= 11 is 0. The maximum atomic E-state index is 12.1. The van der Waals surface area contributed by atoms with E-state index >= 15 is 0 Å². The fraction of sp³-hybridized carbons (Fsp3) is 0.0909. The molecule has 12 heteroatoms. The predicted octanol–water partition coefficient (Wildman–Crippen LogP) is 6.13. The Balaban J connectivity index is 1.56. The number of hydrogen-bond acceptors (Lipinski definition) is 12. The van der Waals surface area contributed by atoms with E-state index in [0.29, 0.717) is 33.8 Å². The fourth-order valence-electron chi connectivity index (χ4n) is 3.65. The zero-order valence-electron chi connectivity index (χ0n) is 24.2. The Morgan fingerprint density at radius 2 is 0.733 bits per heavy atom. The quantitative estimate of drug-likeness (QED) is 0.0810. The molecule has 0 amide bonds. The first-order chi connectivity index (χ1) is 21.9. The third-order valence-electron chi connectivity index (χ3n) is 5.76. The topological polar surface area (TPSA) is 154 Å². The molecule has 0 aliphatic rings. The maximum Gasteiger partial charge on any atom is 0.338 e. The maximum absolute atomic E-state index is 12.1. The van der Waals surface area contributed by atoms with E-state index in [1.54, 1.807) is 72.8 Å². The number of anilines is 6. The molecule has 0 radical (unpaired) electrons. The molecule has 0 spiro atoms. The molecule has 0 saturated heterocycles. The van der Waals surface area contributed by atoms with Gasteiger partial charge in [-0.15, -0.1) is 0 Å². The summed E-state index contributed by atoms with van der Waals surface area (Å²) in [7, 11) is 0. The number of carbonyl (C=O) groups is 3. The third kappa shape index (κ3) is 9.35. The van der Waals surface area contributed by atoms with Gasteiger partial charge in [-0.1, -0.05) is 38.0 Å². The van der Waals surface area contributed by atoms with Gasteiger partial charge in [-0.05, 0) is 72.8 Å². The number of ether oxygens (including phenoxy) is 3. The lowest BCUT2D eigenvalue weighted by Gasteiger charge is -2.12. The van der Waals surface area contributed by atoms with Gasteiger partial charge in [-0.3, -0.25) is 0 Å². The standard InChI is InChI=1S/C33H30N6O6/c1-4-19-43-28(40)22-7-13-25(14-8-22)34-31-37-32(35-26-15-9-23(10-16-26)29(41)44-20-5-2)39-33(38-31)36-27-17-11-24(12-18-27)30(42)45-21-6-3/h4-18H,1-3,19-21H2,(H3,34,35,36,37,38,39). The number of esters is 3. The molecule has 4 aromatic rings. The number of hydrogen-bond donors (Lipinski definition) is 3. The molecular weight excluding hydrogens is 576 g/mol. The molecule has 12 nitrogen and oxygen atoms in total. The summed E-state index contributed by atoms with van der Waals surface area (Å²) in [5.74, 6) is -0.859. The monoisotopic (exact) mass is 606 g/mol. The number of rotatable bonds is 15. The van der Waals surface area contributed by atoms with E-state index in [9.17, 15) is 14.4 Å². The van der Waals surface area contributed by atoms with E-state index < -0.39 is 17.9 Å². The molecule has 0 aliphatic heterocycles. The number of benzene rings is 3. The highest BCUT2D eigenvalue weighted by atomic mass is 16.5. The van der Waals surface area contributed by atoms with Crippen LogP contribution in [0.5, 0.6) is 0 Å². The van der Waals surface area contributed by atoms with Crippen LogP contribution in [0.4, 0.5) is 34.9 Å². The largest absolute Gasteiger partial charge is 0.458 e. The smallest absolute Gasteiger partial charge is 0.338 e. The van der Waals surface area contributed by atoms with Crippen molar-refractivity contribution in [3.05, 3.63) is 127 Å². The van der Waals surface area contributed by atoms with Crippen molar-refractivity contribution in [3.63, 3.8) is 0 Å². The zero-order chi connectivity index (χ0) is 32.0. The molecule has 3 aromatic carbocycles. The van der Waals surface area contributed by atoms with E-state index in [0.717, 1.165) is 0 Å². The minimum absolute atomic E-state index is 0.111. The summed E-state index contributed by atoms with van der Waals surface area (Å²) in [5, 5.41) is 9.31. The summed E-state index contributed by atoms with van der Waals surface area (Å²) < 4.78 is 15.2. The van der Waals surface area contributed by atoms with Crippen molar-refractivity contribution in [2.24, 2.45) is 0 Å². The second kappa shape index (κ2) is 15.8. The van der Waals surface area contributed by atoms with Crippen molar-refractivity contribution in [2.75, 3.05) is 35.8 Å². The molecule has 228 valence electrons. The van der Waals surface area contributed by atoms with Gasteiger partial charge in [-0.2, -0.15) is 15.0 Å². The van der Waals surface area contributed by atoms with Crippen molar-refractivity contribution < 1.29 is 28.6 Å². The van der Waals surface area contributed by atoms with Gasteiger partial charge in [0.2, 0.25) is 17.8 Å². The lowest BCUT2D eigenvalue weighted by Crippen LogP contribution is -2.09. The fourth-order valence-corrected chi connectivity index (χ4v) is 3.65. The van der Waals surface area contributed by atoms with Crippen LogP contribution < -0.4 is 16.0 Å². The highest BCUT2D eigenvalue weighted by molar-refractivity contribution is 5.91. The molecule has 4 rings (SSSR count). The third-order valence-corrected chi connectivity index (χ3v) is 5.76. The van der Waals surface area contributed by atoms with Crippen LogP contribution >= 0.6 is 0 Å². The Morgan fingerprint density at radius 3 is 0.956 bits per heavy atom. The van der Waals surface area contributed by atoms with Crippen molar-refractivity contribution in [1.29, 1.82) is 0 Å². The van der Waals surface area contributed by atoms with Crippen LogP contribution in [0.1, 0.15) is 31.1 Å². The van der Waals surface area contributed by atoms with E-state index in [-0.39, 0.29) is 37.7 Å². The van der Waals surface area contributed by atoms with E-state index in [1.807, 2.05) is 0 Å². The van der Waals surface area contributed by atoms with Crippen LogP contribution in [-0.2, 0) is 14.2 Å². The Labute approximate surface area is 259 Å². The Kier molecular flexibility index (Phi) is 11.1. The average molecular weight is 607 g/mol. The van der Waals surface area contributed by atoms with Crippen molar-refractivity contribution in [3.8, 4) is 0 Å². The highest BCUT2D eigenvalue weighted by Gasteiger charge is 2.12. The van der Waals surface area contributed by atoms with Gasteiger partial charge in [-0.25, -0.2) is 14.4 Å². The first-order valence-corrected chi connectivity index (χ1v) is 13.6. The predicted molar refractivity (Wildman–Crippen MR) is 170 cm³/mol. The summed E-state index contributed by atoms with van der Waals surface area (Å²) in [6, 6.07) is 19.7. The van der Waals surface area contributed by atoms with E-state index in [4.69, 9.17) is 14.2 Å². The Hall–Kier alpha value is -6.30. The SMILES string of the molecule is C=CCOC(=O)c1ccc(Nc2nc(Nc3ccc(C(=O)OCC=C)cc3)nc(Nc3ccc(C(=O)OCC=C)cc3)n2)cc1. The van der Waals surface area contributed by atoms with Crippen LogP contribution in [0.15, 0.2) is 111 Å². The second-order valence-electron chi connectivity index (χ2n) is 9.07. The molecule has 45 heavy (non-hydrogen) atoms. The minimum Gasteiger partial charge on any atom is -0.458 e. The lowest BCUT2D eigenvalue weighted by molar-refractivity contribution is 0.0540. The number of nitrogens with zero attached hydrogens (tertiary/aromatic N) is 3. The molecule has 1 heterocycles. The molecule has 1 aromatic heterocycles. The minimum atomic E-state index is -0.473. The number of nitrogens with one attached hydrogen (secondary N) is 3. The van der Waals surface area contributed by atoms with Gasteiger partial charge >= 0.3 is 17.9 Å². The van der Waals surface area contributed by atoms with Crippen LogP contribution in [0, 0.1) is 0 Å². The molecule has 3 N–H and O–H groups in total. The van der Waals surface area contributed by atoms with Gasteiger partial charge in [0.05, 0.1) is 16.7 Å². The van der Waals surface area contributed by atoms with Crippen LogP contribution in [0.25, 0.3) is 0 Å². The molecule has 0 fully saturated rings. The first-order valence-electron chi connectivity index (χ1n) is 13.6. The Morgan fingerprint density at radius 1 is 0.489 bits per heavy atom. The van der Waals surface area contributed by atoms with E-state index in [2.05, 4.69) is 50.6 Å². The molecular formula is C33H30N6O6. The summed E-state index contributed by atoms with van der Waals surface area (Å²) in [5.41, 5.74) is 2.92. The summed E-state index contributed by atoms with van der Waals surface area (Å²) in [4.78, 5) is 49.8. The van der Waals surface area contributed by atoms with Gasteiger partial charge in [0.25, 0.3) is 0 Å². The number of aromatic nitrogens is 3. The Bertz CT molecular complexity index is 1460.